The molecule has 0 saturated heterocycles. The summed E-state index contributed by atoms with van der Waals surface area (Å²) in [5.74, 6) is 0.723. The molecular weight excluding hydrogens is 306 g/mol. The van der Waals surface area contributed by atoms with E-state index in [1.165, 1.54) is 12.1 Å². The Morgan fingerprint density at radius 2 is 1.82 bits per heavy atom. The van der Waals surface area contributed by atoms with Gasteiger partial charge in [-0.3, -0.25) is 0 Å². The number of hydrogen-bond donors (Lipinski definition) is 1. The lowest BCUT2D eigenvalue weighted by Crippen LogP contribution is -2.22. The van der Waals surface area contributed by atoms with Crippen LogP contribution in [0.2, 0.25) is 0 Å². The Labute approximate surface area is 127 Å². The summed E-state index contributed by atoms with van der Waals surface area (Å²) in [4.78, 5) is 0. The van der Waals surface area contributed by atoms with Crippen LogP contribution in [-0.2, 0) is 16.6 Å². The molecular formula is C14H13N3O4S. The van der Waals surface area contributed by atoms with Crippen LogP contribution in [0.15, 0.2) is 56.4 Å². The summed E-state index contributed by atoms with van der Waals surface area (Å²) < 4.78 is 37.3. The number of sulfonamides is 1. The summed E-state index contributed by atoms with van der Waals surface area (Å²) in [6.07, 6.45) is 0. The Morgan fingerprint density at radius 3 is 2.50 bits per heavy atom. The van der Waals surface area contributed by atoms with E-state index >= 15 is 0 Å². The van der Waals surface area contributed by atoms with Gasteiger partial charge in [0.2, 0.25) is 11.0 Å². The van der Waals surface area contributed by atoms with Crippen molar-refractivity contribution < 1.29 is 17.3 Å². The minimum Gasteiger partial charge on any atom is -0.438 e. The molecule has 3 rings (SSSR count). The molecule has 0 aliphatic rings. The Kier molecular flexibility index (Phi) is 3.78. The highest BCUT2D eigenvalue weighted by molar-refractivity contribution is 7.89. The lowest BCUT2D eigenvalue weighted by Gasteiger charge is -2.03. The van der Waals surface area contributed by atoms with E-state index in [2.05, 4.69) is 14.9 Å². The van der Waals surface area contributed by atoms with E-state index in [-0.39, 0.29) is 23.3 Å². The summed E-state index contributed by atoms with van der Waals surface area (Å²) >= 11 is 0. The molecule has 0 atom stereocenters. The van der Waals surface area contributed by atoms with E-state index in [0.29, 0.717) is 5.89 Å². The van der Waals surface area contributed by atoms with Crippen molar-refractivity contribution in [3.63, 3.8) is 0 Å². The zero-order chi connectivity index (χ0) is 15.6. The second kappa shape index (κ2) is 5.74. The van der Waals surface area contributed by atoms with Crippen molar-refractivity contribution in [2.24, 2.45) is 0 Å². The first-order valence-electron chi connectivity index (χ1n) is 6.48. The minimum absolute atomic E-state index is 0.141. The first-order valence-corrected chi connectivity index (χ1v) is 7.97. The smallest absolute Gasteiger partial charge is 0.283 e. The van der Waals surface area contributed by atoms with Crippen LogP contribution in [0.1, 0.15) is 11.5 Å². The van der Waals surface area contributed by atoms with Crippen LogP contribution in [-0.4, -0.2) is 18.6 Å². The molecule has 0 fully saturated rings. The standard InChI is InChI=1S/C14H13N3O4S/c1-10-16-17-14(20-10)12-7-8-13(21-12)22(18,19)15-9-11-5-3-2-4-6-11/h2-8,15H,9H2,1H3. The van der Waals surface area contributed by atoms with Crippen molar-refractivity contribution in [3.05, 3.63) is 53.9 Å². The molecule has 2 aromatic heterocycles. The molecule has 7 nitrogen and oxygen atoms in total. The molecule has 0 bridgehead atoms. The number of hydrogen-bond acceptors (Lipinski definition) is 6. The molecule has 0 unspecified atom stereocenters. The molecule has 114 valence electrons. The van der Waals surface area contributed by atoms with Crippen LogP contribution >= 0.6 is 0 Å². The number of rotatable bonds is 5. The summed E-state index contributed by atoms with van der Waals surface area (Å²) in [5, 5.41) is 7.25. The third kappa shape index (κ3) is 3.07. The summed E-state index contributed by atoms with van der Waals surface area (Å²) in [6, 6.07) is 12.0. The molecule has 1 aromatic carbocycles. The second-order valence-electron chi connectivity index (χ2n) is 4.56. The van der Waals surface area contributed by atoms with Gasteiger partial charge in [0.15, 0.2) is 5.76 Å². The average molecular weight is 319 g/mol. The molecule has 0 saturated carbocycles. The predicted octanol–water partition coefficient (Wildman–Crippen LogP) is 2.12. The molecule has 0 spiro atoms. The number of nitrogens with one attached hydrogen (secondary N) is 1. The zero-order valence-electron chi connectivity index (χ0n) is 11.7. The van der Waals surface area contributed by atoms with Crippen molar-refractivity contribution >= 4 is 10.0 Å². The Balaban J connectivity index is 1.77. The molecule has 0 aliphatic heterocycles. The molecule has 0 radical (unpaired) electrons. The van der Waals surface area contributed by atoms with Crippen molar-refractivity contribution in [3.8, 4) is 11.7 Å². The Bertz CT molecular complexity index is 868. The van der Waals surface area contributed by atoms with Crippen LogP contribution in [0.25, 0.3) is 11.7 Å². The molecule has 1 N–H and O–H groups in total. The van der Waals surface area contributed by atoms with E-state index in [0.717, 1.165) is 5.56 Å². The van der Waals surface area contributed by atoms with Gasteiger partial charge in [0.1, 0.15) is 0 Å². The number of aryl methyl sites for hydroxylation is 1. The van der Waals surface area contributed by atoms with Gasteiger partial charge in [0.05, 0.1) is 0 Å². The molecule has 0 amide bonds. The monoisotopic (exact) mass is 319 g/mol. The first kappa shape index (κ1) is 14.5. The van der Waals surface area contributed by atoms with E-state index in [1.807, 2.05) is 30.3 Å². The maximum Gasteiger partial charge on any atom is 0.283 e. The first-order chi connectivity index (χ1) is 10.5. The lowest BCUT2D eigenvalue weighted by atomic mass is 10.2. The van der Waals surface area contributed by atoms with Gasteiger partial charge in [-0.15, -0.1) is 10.2 Å². The van der Waals surface area contributed by atoms with Crippen molar-refractivity contribution in [1.82, 2.24) is 14.9 Å². The number of aromatic nitrogens is 2. The third-order valence-corrected chi connectivity index (χ3v) is 4.17. The predicted molar refractivity (Wildman–Crippen MR) is 77.2 cm³/mol. The maximum atomic E-state index is 12.2. The lowest BCUT2D eigenvalue weighted by molar-refractivity contribution is 0.435. The van der Waals surface area contributed by atoms with E-state index in [1.54, 1.807) is 6.92 Å². The summed E-state index contributed by atoms with van der Waals surface area (Å²) in [7, 11) is -3.75. The summed E-state index contributed by atoms with van der Waals surface area (Å²) in [5.41, 5.74) is 0.852. The number of benzene rings is 1. The van der Waals surface area contributed by atoms with Crippen LogP contribution in [0.5, 0.6) is 0 Å². The highest BCUT2D eigenvalue weighted by Crippen LogP contribution is 2.23. The fraction of sp³-hybridized carbons (Fsp3) is 0.143. The van der Waals surface area contributed by atoms with Crippen molar-refractivity contribution in [1.29, 1.82) is 0 Å². The molecule has 2 heterocycles. The van der Waals surface area contributed by atoms with Crippen molar-refractivity contribution in [2.75, 3.05) is 0 Å². The van der Waals surface area contributed by atoms with Crippen molar-refractivity contribution in [2.45, 2.75) is 18.6 Å². The van der Waals surface area contributed by atoms with Gasteiger partial charge in [0.25, 0.3) is 15.9 Å². The third-order valence-electron chi connectivity index (χ3n) is 2.89. The molecule has 8 heteroatoms. The largest absolute Gasteiger partial charge is 0.438 e. The van der Waals surface area contributed by atoms with Crippen LogP contribution in [0.3, 0.4) is 0 Å². The average Bonchev–Trinajstić information content (AvgIpc) is 3.15. The van der Waals surface area contributed by atoms with Gasteiger partial charge < -0.3 is 8.83 Å². The van der Waals surface area contributed by atoms with Gasteiger partial charge in [-0.2, -0.15) is 0 Å². The van der Waals surface area contributed by atoms with Crippen LogP contribution < -0.4 is 4.72 Å². The highest BCUT2D eigenvalue weighted by atomic mass is 32.2. The molecule has 22 heavy (non-hydrogen) atoms. The second-order valence-corrected chi connectivity index (χ2v) is 6.25. The fourth-order valence-corrected chi connectivity index (χ4v) is 2.77. The quantitative estimate of drug-likeness (QED) is 0.773. The minimum atomic E-state index is -3.75. The van der Waals surface area contributed by atoms with Crippen LogP contribution in [0, 0.1) is 6.92 Å². The van der Waals surface area contributed by atoms with Gasteiger partial charge in [0, 0.05) is 13.5 Å². The Morgan fingerprint density at radius 1 is 1.05 bits per heavy atom. The van der Waals surface area contributed by atoms with Gasteiger partial charge in [-0.05, 0) is 17.7 Å². The topological polar surface area (TPSA) is 98.2 Å². The highest BCUT2D eigenvalue weighted by Gasteiger charge is 2.20. The Hall–Kier alpha value is -2.45. The van der Waals surface area contributed by atoms with Crippen LogP contribution in [0.4, 0.5) is 0 Å². The normalized spacial score (nSPS) is 11.7. The summed E-state index contributed by atoms with van der Waals surface area (Å²) in [6.45, 7) is 1.82. The van der Waals surface area contributed by atoms with Gasteiger partial charge >= 0.3 is 0 Å². The van der Waals surface area contributed by atoms with E-state index in [4.69, 9.17) is 8.83 Å². The van der Waals surface area contributed by atoms with E-state index < -0.39 is 10.0 Å². The van der Waals surface area contributed by atoms with Gasteiger partial charge in [-0.25, -0.2) is 13.1 Å². The number of nitrogens with zero attached hydrogens (tertiary/aromatic N) is 2. The zero-order valence-corrected chi connectivity index (χ0v) is 12.5. The SMILES string of the molecule is Cc1nnc(-c2ccc(S(=O)(=O)NCc3ccccc3)o2)o1. The molecule has 3 aromatic rings. The van der Waals surface area contributed by atoms with E-state index in [9.17, 15) is 8.42 Å². The number of furan rings is 1. The van der Waals surface area contributed by atoms with Gasteiger partial charge in [-0.1, -0.05) is 30.3 Å². The molecule has 0 aliphatic carbocycles. The maximum absolute atomic E-state index is 12.2. The fourth-order valence-electron chi connectivity index (χ4n) is 1.82.